The molecule has 10 heavy (non-hydrogen) atoms. The van der Waals surface area contributed by atoms with Crippen LogP contribution in [0.25, 0.3) is 0 Å². The van der Waals surface area contributed by atoms with E-state index in [1.54, 1.807) is 0 Å². The average molecular weight is 141 g/mol. The average Bonchev–Trinajstić information content (AvgIpc) is 1.88. The Morgan fingerprint density at radius 3 is 2.90 bits per heavy atom. The number of hydrogen-bond acceptors (Lipinski definition) is 2. The second kappa shape index (κ2) is 3.15. The predicted molar refractivity (Wildman–Crippen MR) is 40.9 cm³/mol. The highest BCUT2D eigenvalue weighted by Crippen LogP contribution is 2.15. The predicted octanol–water partition coefficient (Wildman–Crippen LogP) is 0.917. The molecule has 0 aromatic heterocycles. The molecular weight excluding hydrogens is 126 g/mol. The Balaban J connectivity index is 2.43. The topological polar surface area (TPSA) is 20.3 Å². The molecule has 0 aromatic carbocycles. The molecule has 0 saturated carbocycles. The number of carbonyl (C=O) groups excluding carboxylic acids is 1. The number of carbonyl (C=O) groups is 1. The zero-order chi connectivity index (χ0) is 7.56. The molecule has 1 aliphatic heterocycles. The van der Waals surface area contributed by atoms with E-state index in [0.717, 1.165) is 19.4 Å². The van der Waals surface area contributed by atoms with Gasteiger partial charge in [-0.05, 0) is 26.4 Å². The highest BCUT2D eigenvalue weighted by molar-refractivity contribution is 5.83. The molecule has 0 bridgehead atoms. The first-order valence-corrected chi connectivity index (χ1v) is 3.95. The van der Waals surface area contributed by atoms with Gasteiger partial charge in [0.15, 0.2) is 0 Å². The summed E-state index contributed by atoms with van der Waals surface area (Å²) < 4.78 is 0. The number of hydrogen-bond donors (Lipinski definition) is 0. The largest absolute Gasteiger partial charge is 0.299 e. The van der Waals surface area contributed by atoms with Crippen molar-refractivity contribution in [3.63, 3.8) is 0 Å². The van der Waals surface area contributed by atoms with Gasteiger partial charge in [0.05, 0.1) is 6.54 Å². The Kier molecular flexibility index (Phi) is 2.44. The maximum Gasteiger partial charge on any atom is 0.149 e. The molecule has 0 N–H and O–H groups in total. The first kappa shape index (κ1) is 7.73. The van der Waals surface area contributed by atoms with Crippen LogP contribution in [0.4, 0.5) is 0 Å². The van der Waals surface area contributed by atoms with E-state index in [9.17, 15) is 4.79 Å². The Hall–Kier alpha value is -0.370. The molecular formula is C8H15NO. The van der Waals surface area contributed by atoms with Crippen molar-refractivity contribution in [1.82, 2.24) is 4.90 Å². The molecule has 1 atom stereocenters. The lowest BCUT2D eigenvalue weighted by atomic mass is 9.93. The van der Waals surface area contributed by atoms with Crippen molar-refractivity contribution in [2.24, 2.45) is 5.92 Å². The molecule has 1 saturated heterocycles. The Bertz CT molecular complexity index is 133. The molecule has 2 heteroatoms. The van der Waals surface area contributed by atoms with Crippen LogP contribution in [-0.4, -0.2) is 30.8 Å². The Morgan fingerprint density at radius 1 is 1.70 bits per heavy atom. The number of piperidine rings is 1. The maximum absolute atomic E-state index is 11.2. The molecule has 1 heterocycles. The van der Waals surface area contributed by atoms with Gasteiger partial charge in [0.2, 0.25) is 0 Å². The van der Waals surface area contributed by atoms with E-state index in [4.69, 9.17) is 0 Å². The van der Waals surface area contributed by atoms with E-state index in [0.29, 0.717) is 18.2 Å². The minimum absolute atomic E-state index is 0.358. The normalized spacial score (nSPS) is 29.0. The molecule has 58 valence electrons. The minimum atomic E-state index is 0.358. The van der Waals surface area contributed by atoms with Crippen LogP contribution in [0.15, 0.2) is 0 Å². The van der Waals surface area contributed by atoms with Crippen LogP contribution in [-0.2, 0) is 4.79 Å². The van der Waals surface area contributed by atoms with Crippen molar-refractivity contribution in [3.05, 3.63) is 0 Å². The van der Waals surface area contributed by atoms with Gasteiger partial charge < -0.3 is 0 Å². The van der Waals surface area contributed by atoms with E-state index in [1.165, 1.54) is 0 Å². The summed E-state index contributed by atoms with van der Waals surface area (Å²) in [4.78, 5) is 13.3. The molecule has 1 aliphatic rings. The van der Waals surface area contributed by atoms with Crippen molar-refractivity contribution in [1.29, 1.82) is 0 Å². The SMILES string of the molecule is CCC1CCN(C)CC1=O. The van der Waals surface area contributed by atoms with Gasteiger partial charge in [0.25, 0.3) is 0 Å². The Morgan fingerprint density at radius 2 is 2.40 bits per heavy atom. The van der Waals surface area contributed by atoms with Gasteiger partial charge in [-0.15, -0.1) is 0 Å². The summed E-state index contributed by atoms with van der Waals surface area (Å²) in [6.07, 6.45) is 2.08. The van der Waals surface area contributed by atoms with Gasteiger partial charge in [-0.3, -0.25) is 9.69 Å². The summed E-state index contributed by atoms with van der Waals surface area (Å²) in [6.45, 7) is 3.84. The third-order valence-electron chi connectivity index (χ3n) is 2.23. The fraction of sp³-hybridized carbons (Fsp3) is 0.875. The highest BCUT2D eigenvalue weighted by atomic mass is 16.1. The van der Waals surface area contributed by atoms with Crippen molar-refractivity contribution >= 4 is 5.78 Å². The van der Waals surface area contributed by atoms with E-state index in [2.05, 4.69) is 11.8 Å². The number of ketones is 1. The van der Waals surface area contributed by atoms with Gasteiger partial charge in [0.1, 0.15) is 5.78 Å². The zero-order valence-corrected chi connectivity index (χ0v) is 6.76. The van der Waals surface area contributed by atoms with Crippen LogP contribution in [0.1, 0.15) is 19.8 Å². The molecule has 0 aliphatic carbocycles. The van der Waals surface area contributed by atoms with Crippen LogP contribution in [0.5, 0.6) is 0 Å². The Labute approximate surface area is 62.2 Å². The molecule has 1 unspecified atom stereocenters. The lowest BCUT2D eigenvalue weighted by Gasteiger charge is -2.26. The van der Waals surface area contributed by atoms with Crippen molar-refractivity contribution in [2.75, 3.05) is 20.1 Å². The fourth-order valence-electron chi connectivity index (χ4n) is 1.44. The number of nitrogens with zero attached hydrogens (tertiary/aromatic N) is 1. The van der Waals surface area contributed by atoms with E-state index < -0.39 is 0 Å². The summed E-state index contributed by atoms with van der Waals surface area (Å²) in [6, 6.07) is 0. The van der Waals surface area contributed by atoms with E-state index in [1.807, 2.05) is 7.05 Å². The molecule has 0 aromatic rings. The van der Waals surface area contributed by atoms with Crippen molar-refractivity contribution in [2.45, 2.75) is 19.8 Å². The third-order valence-corrected chi connectivity index (χ3v) is 2.23. The van der Waals surface area contributed by atoms with Gasteiger partial charge in [-0.1, -0.05) is 6.92 Å². The quantitative estimate of drug-likeness (QED) is 0.541. The minimum Gasteiger partial charge on any atom is -0.299 e. The third kappa shape index (κ3) is 1.57. The molecule has 0 amide bonds. The van der Waals surface area contributed by atoms with Gasteiger partial charge >= 0.3 is 0 Å². The lowest BCUT2D eigenvalue weighted by Crippen LogP contribution is -2.37. The number of likely N-dealkylation sites (N-methyl/N-ethyl adjacent to an activating group) is 1. The maximum atomic E-state index is 11.2. The summed E-state index contributed by atoms with van der Waals surface area (Å²) in [5.74, 6) is 0.785. The summed E-state index contributed by atoms with van der Waals surface area (Å²) in [5.41, 5.74) is 0. The van der Waals surface area contributed by atoms with Crippen molar-refractivity contribution in [3.8, 4) is 0 Å². The van der Waals surface area contributed by atoms with Crippen LogP contribution in [0.2, 0.25) is 0 Å². The summed E-state index contributed by atoms with van der Waals surface area (Å²) >= 11 is 0. The van der Waals surface area contributed by atoms with Gasteiger partial charge in [-0.25, -0.2) is 0 Å². The smallest absolute Gasteiger partial charge is 0.149 e. The number of likely N-dealkylation sites (tertiary alicyclic amines) is 1. The van der Waals surface area contributed by atoms with Crippen LogP contribution in [0, 0.1) is 5.92 Å². The lowest BCUT2D eigenvalue weighted by molar-refractivity contribution is -0.126. The second-order valence-electron chi connectivity index (χ2n) is 3.10. The summed E-state index contributed by atoms with van der Waals surface area (Å²) in [5, 5.41) is 0. The molecule has 2 nitrogen and oxygen atoms in total. The second-order valence-corrected chi connectivity index (χ2v) is 3.10. The van der Waals surface area contributed by atoms with Crippen LogP contribution in [0.3, 0.4) is 0 Å². The monoisotopic (exact) mass is 141 g/mol. The molecule has 1 rings (SSSR count). The zero-order valence-electron chi connectivity index (χ0n) is 6.76. The number of Topliss-reactive ketones (excluding diaryl/α,β-unsaturated/α-hetero) is 1. The fourth-order valence-corrected chi connectivity index (χ4v) is 1.44. The highest BCUT2D eigenvalue weighted by Gasteiger charge is 2.22. The van der Waals surface area contributed by atoms with Crippen LogP contribution < -0.4 is 0 Å². The molecule has 0 spiro atoms. The standard InChI is InChI=1S/C8H15NO/c1-3-7-4-5-9(2)6-8(7)10/h7H,3-6H2,1-2H3. The van der Waals surface area contributed by atoms with Crippen molar-refractivity contribution < 1.29 is 4.79 Å². The number of rotatable bonds is 1. The molecule has 1 fully saturated rings. The first-order chi connectivity index (χ1) is 4.74. The molecule has 0 radical (unpaired) electrons. The van der Waals surface area contributed by atoms with E-state index in [-0.39, 0.29) is 0 Å². The summed E-state index contributed by atoms with van der Waals surface area (Å²) in [7, 11) is 2.00. The van der Waals surface area contributed by atoms with Gasteiger partial charge in [-0.2, -0.15) is 0 Å². The van der Waals surface area contributed by atoms with Gasteiger partial charge in [0, 0.05) is 5.92 Å². The van der Waals surface area contributed by atoms with E-state index >= 15 is 0 Å². The first-order valence-electron chi connectivity index (χ1n) is 3.95. The van der Waals surface area contributed by atoms with Crippen LogP contribution >= 0.6 is 0 Å².